The van der Waals surface area contributed by atoms with Gasteiger partial charge in [-0.05, 0) is 38.1 Å². The minimum Gasteiger partial charge on any atom is -0.494 e. The second-order valence-electron chi connectivity index (χ2n) is 5.24. The molecule has 0 saturated heterocycles. The molecule has 0 bridgehead atoms. The van der Waals surface area contributed by atoms with E-state index in [4.69, 9.17) is 22.1 Å². The lowest BCUT2D eigenvalue weighted by molar-refractivity contribution is 0.298. The van der Waals surface area contributed by atoms with Gasteiger partial charge in [-0.3, -0.25) is 4.68 Å². The average molecular weight is 295 g/mol. The van der Waals surface area contributed by atoms with Crippen LogP contribution >= 0.6 is 11.6 Å². The van der Waals surface area contributed by atoms with E-state index in [0.29, 0.717) is 11.6 Å². The molecule has 20 heavy (non-hydrogen) atoms. The van der Waals surface area contributed by atoms with Crippen LogP contribution in [-0.2, 0) is 12.1 Å². The molecule has 0 aliphatic heterocycles. The Morgan fingerprint density at radius 3 is 2.60 bits per heavy atom. The summed E-state index contributed by atoms with van der Waals surface area (Å²) in [5, 5.41) is 8.82. The van der Waals surface area contributed by atoms with Crippen molar-refractivity contribution < 1.29 is 4.74 Å². The van der Waals surface area contributed by atoms with E-state index in [1.165, 1.54) is 0 Å². The van der Waals surface area contributed by atoms with Gasteiger partial charge < -0.3 is 10.5 Å². The first kappa shape index (κ1) is 14.8. The van der Waals surface area contributed by atoms with Gasteiger partial charge in [0.2, 0.25) is 0 Å². The molecule has 1 aromatic carbocycles. The summed E-state index contributed by atoms with van der Waals surface area (Å²) >= 11 is 5.81. The molecule has 1 aromatic heterocycles. The van der Waals surface area contributed by atoms with Gasteiger partial charge >= 0.3 is 0 Å². The fourth-order valence-corrected chi connectivity index (χ4v) is 1.78. The van der Waals surface area contributed by atoms with Crippen molar-refractivity contribution in [1.82, 2.24) is 15.0 Å². The highest BCUT2D eigenvalue weighted by atomic mass is 35.5. The smallest absolute Gasteiger partial charge is 0.119 e. The zero-order valence-electron chi connectivity index (χ0n) is 11.7. The molecule has 2 rings (SSSR count). The van der Waals surface area contributed by atoms with Gasteiger partial charge in [-0.25, -0.2) is 0 Å². The summed E-state index contributed by atoms with van der Waals surface area (Å²) in [6, 6.07) is 7.33. The molecule has 0 fully saturated rings. The highest BCUT2D eigenvalue weighted by Gasteiger charge is 2.17. The Bertz CT molecular complexity index is 545. The van der Waals surface area contributed by atoms with Gasteiger partial charge in [0.15, 0.2) is 0 Å². The van der Waals surface area contributed by atoms with Crippen molar-refractivity contribution in [3.8, 4) is 5.75 Å². The van der Waals surface area contributed by atoms with Crippen molar-refractivity contribution in [2.45, 2.75) is 32.4 Å². The van der Waals surface area contributed by atoms with E-state index in [-0.39, 0.29) is 0 Å². The molecule has 2 N–H and O–H groups in total. The van der Waals surface area contributed by atoms with Crippen molar-refractivity contribution in [1.29, 1.82) is 0 Å². The highest BCUT2D eigenvalue weighted by Crippen LogP contribution is 2.16. The summed E-state index contributed by atoms with van der Waals surface area (Å²) < 4.78 is 7.40. The maximum atomic E-state index is 5.96. The normalized spacial score (nSPS) is 11.6. The van der Waals surface area contributed by atoms with Crippen LogP contribution in [0.4, 0.5) is 0 Å². The van der Waals surface area contributed by atoms with Crippen molar-refractivity contribution in [2.75, 3.05) is 6.61 Å². The zero-order chi connectivity index (χ0) is 14.6. The van der Waals surface area contributed by atoms with Gasteiger partial charge in [-0.15, -0.1) is 5.10 Å². The third kappa shape index (κ3) is 4.21. The number of hydrogen-bond donors (Lipinski definition) is 1. The first-order chi connectivity index (χ1) is 9.45. The summed E-state index contributed by atoms with van der Waals surface area (Å²) in [5.74, 6) is 0.816. The number of ether oxygens (including phenoxy) is 1. The highest BCUT2D eigenvalue weighted by molar-refractivity contribution is 6.30. The molecule has 0 saturated carbocycles. The van der Waals surface area contributed by atoms with Crippen LogP contribution in [0, 0.1) is 0 Å². The number of halogens is 1. The number of nitrogens with two attached hydrogens (primary N) is 1. The van der Waals surface area contributed by atoms with Gasteiger partial charge in [0.1, 0.15) is 11.4 Å². The van der Waals surface area contributed by atoms with Crippen molar-refractivity contribution in [3.05, 3.63) is 41.2 Å². The van der Waals surface area contributed by atoms with Crippen molar-refractivity contribution in [2.24, 2.45) is 5.73 Å². The molecular formula is C14H19ClN4O. The Kier molecular flexibility index (Phi) is 4.62. The second-order valence-corrected chi connectivity index (χ2v) is 5.68. The van der Waals surface area contributed by atoms with E-state index in [2.05, 4.69) is 10.3 Å². The Morgan fingerprint density at radius 2 is 2.00 bits per heavy atom. The molecule has 0 atom stereocenters. The Hall–Kier alpha value is -1.59. The van der Waals surface area contributed by atoms with Crippen LogP contribution in [0.3, 0.4) is 0 Å². The molecule has 0 aliphatic rings. The van der Waals surface area contributed by atoms with Gasteiger partial charge in [-0.2, -0.15) is 0 Å². The number of aromatic nitrogens is 3. The number of benzene rings is 1. The first-order valence-corrected chi connectivity index (χ1v) is 6.91. The summed E-state index contributed by atoms with van der Waals surface area (Å²) in [4.78, 5) is 0. The van der Waals surface area contributed by atoms with Crippen molar-refractivity contribution >= 4 is 11.6 Å². The van der Waals surface area contributed by atoms with Gasteiger partial charge in [0.25, 0.3) is 0 Å². The number of rotatable bonds is 6. The molecule has 6 heteroatoms. The van der Waals surface area contributed by atoms with E-state index in [1.807, 2.05) is 44.3 Å². The molecule has 2 aromatic rings. The maximum absolute atomic E-state index is 5.96. The molecule has 0 amide bonds. The summed E-state index contributed by atoms with van der Waals surface area (Å²) in [6.45, 7) is 5.18. The average Bonchev–Trinajstić information content (AvgIpc) is 2.85. The fraction of sp³-hybridized carbons (Fsp3) is 0.429. The van der Waals surface area contributed by atoms with Gasteiger partial charge in [0.05, 0.1) is 18.3 Å². The van der Waals surface area contributed by atoms with Crippen LogP contribution in [0.15, 0.2) is 30.5 Å². The van der Waals surface area contributed by atoms with Gasteiger partial charge in [-0.1, -0.05) is 16.8 Å². The molecule has 1 heterocycles. The van der Waals surface area contributed by atoms with Crippen molar-refractivity contribution in [3.63, 3.8) is 0 Å². The summed E-state index contributed by atoms with van der Waals surface area (Å²) in [5.41, 5.74) is 6.29. The first-order valence-electron chi connectivity index (χ1n) is 6.53. The van der Waals surface area contributed by atoms with Crippen LogP contribution in [0.25, 0.3) is 0 Å². The molecule has 0 spiro atoms. The third-order valence-electron chi connectivity index (χ3n) is 2.81. The predicted octanol–water partition coefficient (Wildman–Crippen LogP) is 2.59. The standard InChI is InChI=1S/C14H19ClN4O/c1-14(2,16)13-10-19(18-17-13)8-3-9-20-12-6-4-11(15)5-7-12/h4-7,10H,3,8-9,16H2,1-2H3. The Labute approximate surface area is 123 Å². The SMILES string of the molecule is CC(C)(N)c1cn(CCCOc2ccc(Cl)cc2)nn1. The van der Waals surface area contributed by atoms with E-state index >= 15 is 0 Å². The summed E-state index contributed by atoms with van der Waals surface area (Å²) in [7, 11) is 0. The second kappa shape index (κ2) is 6.24. The lowest BCUT2D eigenvalue weighted by Gasteiger charge is -2.13. The van der Waals surface area contributed by atoms with Crippen LogP contribution in [-0.4, -0.2) is 21.6 Å². The molecule has 0 unspecified atom stereocenters. The van der Waals surface area contributed by atoms with E-state index in [0.717, 1.165) is 24.4 Å². The molecule has 5 nitrogen and oxygen atoms in total. The lowest BCUT2D eigenvalue weighted by atomic mass is 10.0. The Morgan fingerprint density at radius 1 is 1.30 bits per heavy atom. The monoisotopic (exact) mass is 294 g/mol. The third-order valence-corrected chi connectivity index (χ3v) is 3.06. The largest absolute Gasteiger partial charge is 0.494 e. The van der Waals surface area contributed by atoms with E-state index in [9.17, 15) is 0 Å². The minimum atomic E-state index is -0.460. The number of aryl methyl sites for hydroxylation is 1. The minimum absolute atomic E-state index is 0.460. The lowest BCUT2D eigenvalue weighted by Crippen LogP contribution is -2.29. The van der Waals surface area contributed by atoms with E-state index in [1.54, 1.807) is 4.68 Å². The van der Waals surface area contributed by atoms with Crippen LogP contribution in [0.1, 0.15) is 26.0 Å². The van der Waals surface area contributed by atoms with Crippen LogP contribution in [0.2, 0.25) is 5.02 Å². The number of nitrogens with zero attached hydrogens (tertiary/aromatic N) is 3. The Balaban J connectivity index is 1.76. The quantitative estimate of drug-likeness (QED) is 0.832. The van der Waals surface area contributed by atoms with E-state index < -0.39 is 5.54 Å². The molecule has 0 radical (unpaired) electrons. The number of hydrogen-bond acceptors (Lipinski definition) is 4. The summed E-state index contributed by atoms with van der Waals surface area (Å²) in [6.07, 6.45) is 2.72. The predicted molar refractivity (Wildman–Crippen MR) is 78.8 cm³/mol. The molecule has 0 aliphatic carbocycles. The zero-order valence-corrected chi connectivity index (χ0v) is 12.5. The molecular weight excluding hydrogens is 276 g/mol. The topological polar surface area (TPSA) is 66.0 Å². The van der Waals surface area contributed by atoms with Gasteiger partial charge in [0, 0.05) is 18.0 Å². The fourth-order valence-electron chi connectivity index (χ4n) is 1.65. The molecule has 108 valence electrons. The van der Waals surface area contributed by atoms with Crippen LogP contribution < -0.4 is 10.5 Å². The van der Waals surface area contributed by atoms with Crippen LogP contribution in [0.5, 0.6) is 5.75 Å². The maximum Gasteiger partial charge on any atom is 0.119 e.